The summed E-state index contributed by atoms with van der Waals surface area (Å²) in [4.78, 5) is 5.96. The van der Waals surface area contributed by atoms with Crippen LogP contribution in [0.5, 0.6) is 0 Å². The first-order valence-electron chi connectivity index (χ1n) is 9.08. The van der Waals surface area contributed by atoms with E-state index in [4.69, 9.17) is 0 Å². The van der Waals surface area contributed by atoms with E-state index in [1.165, 1.54) is 29.0 Å². The molecule has 1 aromatic heterocycles. The van der Waals surface area contributed by atoms with Crippen molar-refractivity contribution in [1.82, 2.24) is 0 Å². The van der Waals surface area contributed by atoms with E-state index in [1.807, 2.05) is 6.07 Å². The van der Waals surface area contributed by atoms with Crippen LogP contribution in [0, 0.1) is 11.6 Å². The zero-order valence-corrected chi connectivity index (χ0v) is 16.7. The highest BCUT2D eigenvalue weighted by molar-refractivity contribution is 7.78. The van der Waals surface area contributed by atoms with Crippen molar-refractivity contribution in [2.24, 2.45) is 4.99 Å². The van der Waals surface area contributed by atoms with Crippen LogP contribution in [0.4, 0.5) is 14.5 Å². The summed E-state index contributed by atoms with van der Waals surface area (Å²) in [6.45, 7) is 0. The minimum atomic E-state index is -0.575. The van der Waals surface area contributed by atoms with Crippen molar-refractivity contribution in [1.29, 1.82) is 0 Å². The molecule has 0 spiro atoms. The lowest BCUT2D eigenvalue weighted by Crippen LogP contribution is -1.91. The molecule has 0 saturated carbocycles. The molecule has 140 valence electrons. The molecular formula is C23H17F2NS2. The molecule has 0 bridgehead atoms. The van der Waals surface area contributed by atoms with Gasteiger partial charge in [-0.3, -0.25) is 0 Å². The number of nitrogens with zero attached hydrogens (tertiary/aromatic N) is 1. The standard InChI is InChI=1S/C23H17F2NS2/c24-20-12-17(22-10-9-19(28-22)11-15-3-1-2-4-15)13-21(25)23(20)16-5-7-18(8-6-16)26-14-27/h3,5-10,12-13H,1-2,4,11H2. The average molecular weight is 410 g/mol. The van der Waals surface area contributed by atoms with Crippen LogP contribution in [0.2, 0.25) is 0 Å². The minimum Gasteiger partial charge on any atom is -0.206 e. The highest BCUT2D eigenvalue weighted by Crippen LogP contribution is 2.35. The lowest BCUT2D eigenvalue weighted by molar-refractivity contribution is 0.590. The molecule has 1 nitrogen and oxygen atoms in total. The smallest absolute Gasteiger partial charge is 0.134 e. The van der Waals surface area contributed by atoms with Gasteiger partial charge in [-0.15, -0.1) is 11.3 Å². The number of rotatable bonds is 5. The van der Waals surface area contributed by atoms with Crippen LogP contribution in [-0.2, 0) is 6.42 Å². The van der Waals surface area contributed by atoms with E-state index in [0.717, 1.165) is 24.1 Å². The normalized spacial score (nSPS) is 13.3. The van der Waals surface area contributed by atoms with Crippen molar-refractivity contribution in [3.63, 3.8) is 0 Å². The fourth-order valence-electron chi connectivity index (χ4n) is 3.50. The largest absolute Gasteiger partial charge is 0.206 e. The molecule has 0 fully saturated rings. The molecule has 0 radical (unpaired) electrons. The molecular weight excluding hydrogens is 392 g/mol. The molecule has 0 amide bonds. The van der Waals surface area contributed by atoms with E-state index in [0.29, 0.717) is 16.8 Å². The summed E-state index contributed by atoms with van der Waals surface area (Å²) in [6, 6.07) is 13.4. The van der Waals surface area contributed by atoms with E-state index in [1.54, 1.807) is 35.6 Å². The molecule has 3 aromatic rings. The highest BCUT2D eigenvalue weighted by Gasteiger charge is 2.16. The second kappa shape index (κ2) is 8.27. The third-order valence-corrected chi connectivity index (χ3v) is 6.08. The Morgan fingerprint density at radius 3 is 2.39 bits per heavy atom. The summed E-state index contributed by atoms with van der Waals surface area (Å²) in [5.41, 5.74) is 3.05. The summed E-state index contributed by atoms with van der Waals surface area (Å²) in [5.74, 6) is -1.15. The number of benzene rings is 2. The predicted molar refractivity (Wildman–Crippen MR) is 115 cm³/mol. The van der Waals surface area contributed by atoms with Crippen LogP contribution in [0.25, 0.3) is 21.6 Å². The minimum absolute atomic E-state index is 0.0328. The average Bonchev–Trinajstić information content (AvgIpc) is 3.35. The number of allylic oxidation sites excluding steroid dienone is 2. The van der Waals surface area contributed by atoms with Gasteiger partial charge in [-0.05, 0) is 79.0 Å². The number of halogens is 2. The zero-order valence-electron chi connectivity index (χ0n) is 15.0. The van der Waals surface area contributed by atoms with E-state index < -0.39 is 11.6 Å². The number of aliphatic imine (C=N–C) groups is 1. The van der Waals surface area contributed by atoms with Gasteiger partial charge >= 0.3 is 0 Å². The van der Waals surface area contributed by atoms with E-state index in [2.05, 4.69) is 34.5 Å². The van der Waals surface area contributed by atoms with Crippen LogP contribution < -0.4 is 0 Å². The van der Waals surface area contributed by atoms with Crippen LogP contribution in [0.1, 0.15) is 24.1 Å². The van der Waals surface area contributed by atoms with Crippen molar-refractivity contribution in [3.8, 4) is 21.6 Å². The lowest BCUT2D eigenvalue weighted by Gasteiger charge is -2.08. The maximum Gasteiger partial charge on any atom is 0.134 e. The zero-order chi connectivity index (χ0) is 19.5. The van der Waals surface area contributed by atoms with Crippen LogP contribution in [-0.4, -0.2) is 5.16 Å². The molecule has 0 unspecified atom stereocenters. The maximum atomic E-state index is 14.8. The van der Waals surface area contributed by atoms with Gasteiger partial charge in [0.25, 0.3) is 0 Å². The van der Waals surface area contributed by atoms with Gasteiger partial charge in [-0.1, -0.05) is 23.8 Å². The molecule has 0 aliphatic heterocycles. The summed E-state index contributed by atoms with van der Waals surface area (Å²) >= 11 is 6.16. The predicted octanol–water partition coefficient (Wildman–Crippen LogP) is 7.75. The highest BCUT2D eigenvalue weighted by atomic mass is 32.1. The molecule has 4 rings (SSSR count). The molecule has 0 N–H and O–H groups in total. The van der Waals surface area contributed by atoms with E-state index in [-0.39, 0.29) is 5.56 Å². The fraction of sp³-hybridized carbons (Fsp3) is 0.174. The van der Waals surface area contributed by atoms with Gasteiger partial charge in [0.1, 0.15) is 11.6 Å². The molecule has 1 heterocycles. The first-order chi connectivity index (χ1) is 13.6. The first kappa shape index (κ1) is 18.9. The van der Waals surface area contributed by atoms with Gasteiger partial charge in [0.2, 0.25) is 0 Å². The van der Waals surface area contributed by atoms with Crippen LogP contribution in [0.15, 0.2) is 65.2 Å². The topological polar surface area (TPSA) is 12.4 Å². The van der Waals surface area contributed by atoms with Crippen LogP contribution >= 0.6 is 23.6 Å². The number of hydrogen-bond acceptors (Lipinski definition) is 3. The van der Waals surface area contributed by atoms with Gasteiger partial charge in [0.15, 0.2) is 0 Å². The SMILES string of the molecule is Fc1cc(-c2ccc(CC3=CCCC3)s2)cc(F)c1-c1ccc(N=C=S)cc1. The van der Waals surface area contributed by atoms with Gasteiger partial charge < -0.3 is 0 Å². The molecule has 2 aromatic carbocycles. The fourth-order valence-corrected chi connectivity index (χ4v) is 4.65. The molecule has 0 saturated heterocycles. The summed E-state index contributed by atoms with van der Waals surface area (Å²) in [5, 5.41) is 2.27. The Bertz CT molecular complexity index is 1070. The first-order valence-corrected chi connectivity index (χ1v) is 10.3. The Morgan fingerprint density at radius 1 is 1.00 bits per heavy atom. The Morgan fingerprint density at radius 2 is 1.75 bits per heavy atom. The Balaban J connectivity index is 1.62. The monoisotopic (exact) mass is 409 g/mol. The molecule has 1 aliphatic rings. The molecule has 1 aliphatic carbocycles. The van der Waals surface area contributed by atoms with Gasteiger partial charge in [0, 0.05) is 16.2 Å². The number of hydrogen-bond donors (Lipinski definition) is 0. The second-order valence-corrected chi connectivity index (χ2v) is 8.11. The maximum absolute atomic E-state index is 14.8. The van der Waals surface area contributed by atoms with Gasteiger partial charge in [-0.25, -0.2) is 8.78 Å². The molecule has 0 atom stereocenters. The molecule has 28 heavy (non-hydrogen) atoms. The summed E-state index contributed by atoms with van der Waals surface area (Å²) in [6.07, 6.45) is 6.77. The Hall–Kier alpha value is -2.46. The summed E-state index contributed by atoms with van der Waals surface area (Å²) < 4.78 is 29.5. The van der Waals surface area contributed by atoms with Crippen LogP contribution in [0.3, 0.4) is 0 Å². The Kier molecular flexibility index (Phi) is 5.58. The second-order valence-electron chi connectivity index (χ2n) is 6.76. The number of thiocarbonyl (C=S) groups is 1. The van der Waals surface area contributed by atoms with Crippen molar-refractivity contribution < 1.29 is 8.78 Å². The molecule has 5 heteroatoms. The lowest BCUT2D eigenvalue weighted by atomic mass is 10.0. The summed E-state index contributed by atoms with van der Waals surface area (Å²) in [7, 11) is 0. The third kappa shape index (κ3) is 4.02. The van der Waals surface area contributed by atoms with Gasteiger partial charge in [0.05, 0.1) is 16.4 Å². The number of thiophene rings is 1. The van der Waals surface area contributed by atoms with Crippen molar-refractivity contribution in [2.45, 2.75) is 25.7 Å². The third-order valence-electron chi connectivity index (χ3n) is 4.86. The number of isothiocyanates is 1. The van der Waals surface area contributed by atoms with Crippen molar-refractivity contribution >= 4 is 34.4 Å². The Labute approximate surface area is 172 Å². The van der Waals surface area contributed by atoms with Gasteiger partial charge in [-0.2, -0.15) is 4.99 Å². The van der Waals surface area contributed by atoms with E-state index in [9.17, 15) is 8.78 Å². The quantitative estimate of drug-likeness (QED) is 0.238. The van der Waals surface area contributed by atoms with Crippen molar-refractivity contribution in [3.05, 3.63) is 76.7 Å². The van der Waals surface area contributed by atoms with Crippen molar-refractivity contribution in [2.75, 3.05) is 0 Å². The van der Waals surface area contributed by atoms with E-state index >= 15 is 0 Å².